The summed E-state index contributed by atoms with van der Waals surface area (Å²) in [6.45, 7) is 2.29. The topological polar surface area (TPSA) is 78.4 Å². The van der Waals surface area contributed by atoms with E-state index in [1.807, 2.05) is 6.26 Å². The second-order valence-corrected chi connectivity index (χ2v) is 4.03. The van der Waals surface area contributed by atoms with Crippen molar-refractivity contribution in [2.45, 2.75) is 25.8 Å². The minimum atomic E-state index is -1.00. The zero-order chi connectivity index (χ0) is 11.7. The van der Waals surface area contributed by atoms with E-state index >= 15 is 0 Å². The van der Waals surface area contributed by atoms with Crippen LogP contribution in [0.15, 0.2) is 0 Å². The number of amides is 2. The van der Waals surface area contributed by atoms with Crippen molar-refractivity contribution in [1.82, 2.24) is 10.6 Å². The summed E-state index contributed by atoms with van der Waals surface area (Å²) >= 11 is 1.71. The van der Waals surface area contributed by atoms with E-state index in [0.29, 0.717) is 13.0 Å². The van der Waals surface area contributed by atoms with E-state index < -0.39 is 18.0 Å². The molecule has 88 valence electrons. The summed E-state index contributed by atoms with van der Waals surface area (Å²) < 4.78 is 0. The van der Waals surface area contributed by atoms with Crippen LogP contribution >= 0.6 is 11.8 Å². The lowest BCUT2D eigenvalue weighted by molar-refractivity contribution is -0.139. The van der Waals surface area contributed by atoms with E-state index in [1.54, 1.807) is 18.7 Å². The molecular formula is C9H18N2O3S. The van der Waals surface area contributed by atoms with Crippen LogP contribution in [0.4, 0.5) is 4.79 Å². The third-order valence-corrected chi connectivity index (χ3v) is 2.52. The third-order valence-electron chi connectivity index (χ3n) is 1.82. The molecule has 0 radical (unpaired) electrons. The number of nitrogens with one attached hydrogen (secondary N) is 2. The molecule has 0 saturated heterocycles. The highest BCUT2D eigenvalue weighted by molar-refractivity contribution is 7.98. The largest absolute Gasteiger partial charge is 0.480 e. The Labute approximate surface area is 94.0 Å². The van der Waals surface area contributed by atoms with Crippen molar-refractivity contribution >= 4 is 23.8 Å². The molecule has 0 aliphatic heterocycles. The van der Waals surface area contributed by atoms with Crippen molar-refractivity contribution < 1.29 is 14.7 Å². The smallest absolute Gasteiger partial charge is 0.326 e. The van der Waals surface area contributed by atoms with E-state index in [9.17, 15) is 9.59 Å². The van der Waals surface area contributed by atoms with E-state index in [-0.39, 0.29) is 0 Å². The summed E-state index contributed by atoms with van der Waals surface area (Å²) in [5, 5.41) is 13.7. The minimum Gasteiger partial charge on any atom is -0.480 e. The van der Waals surface area contributed by atoms with Gasteiger partial charge in [-0.15, -0.1) is 0 Å². The van der Waals surface area contributed by atoms with Gasteiger partial charge in [0.05, 0.1) is 0 Å². The first kappa shape index (κ1) is 14.1. The lowest BCUT2D eigenvalue weighted by Gasteiger charge is -2.12. The molecule has 15 heavy (non-hydrogen) atoms. The van der Waals surface area contributed by atoms with Crippen molar-refractivity contribution in [2.24, 2.45) is 0 Å². The highest BCUT2D eigenvalue weighted by Gasteiger charge is 2.16. The van der Waals surface area contributed by atoms with Gasteiger partial charge in [-0.05, 0) is 24.9 Å². The molecule has 0 aliphatic rings. The number of carboxylic acids is 1. The van der Waals surface area contributed by atoms with Crippen LogP contribution in [0, 0.1) is 0 Å². The first-order valence-electron chi connectivity index (χ1n) is 4.88. The number of carbonyl (C=O) groups excluding carboxylic acids is 1. The number of hydrogen-bond acceptors (Lipinski definition) is 3. The molecule has 0 bridgehead atoms. The molecule has 6 heteroatoms. The maximum absolute atomic E-state index is 11.2. The molecule has 0 unspecified atom stereocenters. The Morgan fingerprint density at radius 2 is 2.13 bits per heavy atom. The van der Waals surface area contributed by atoms with Crippen LogP contribution in [0.1, 0.15) is 19.8 Å². The summed E-state index contributed by atoms with van der Waals surface area (Å²) in [6.07, 6.45) is 3.27. The predicted molar refractivity (Wildman–Crippen MR) is 61.2 cm³/mol. The Kier molecular flexibility index (Phi) is 7.89. The standard InChI is InChI=1S/C9H18N2O3S/c1-3-7(8(12)13)11-9(14)10-5-4-6-15-2/h7H,3-6H2,1-2H3,(H,12,13)(H2,10,11,14)/t7-/m1/s1. The van der Waals surface area contributed by atoms with Crippen LogP contribution in [0.2, 0.25) is 0 Å². The minimum absolute atomic E-state index is 0.383. The molecule has 0 aromatic heterocycles. The zero-order valence-electron chi connectivity index (χ0n) is 9.08. The van der Waals surface area contributed by atoms with Gasteiger partial charge in [-0.1, -0.05) is 6.92 Å². The summed E-state index contributed by atoms with van der Waals surface area (Å²) in [4.78, 5) is 21.8. The monoisotopic (exact) mass is 234 g/mol. The Hall–Kier alpha value is -0.910. The first-order chi connectivity index (χ1) is 7.11. The Morgan fingerprint density at radius 3 is 2.60 bits per heavy atom. The highest BCUT2D eigenvalue weighted by atomic mass is 32.2. The maximum Gasteiger partial charge on any atom is 0.326 e. The SMILES string of the molecule is CC[C@@H](NC(=O)NCCCSC)C(=O)O. The second-order valence-electron chi connectivity index (χ2n) is 3.05. The number of thioether (sulfide) groups is 1. The Morgan fingerprint density at radius 1 is 1.47 bits per heavy atom. The quantitative estimate of drug-likeness (QED) is 0.572. The average molecular weight is 234 g/mol. The number of carbonyl (C=O) groups is 2. The molecular weight excluding hydrogens is 216 g/mol. The summed E-state index contributed by atoms with van der Waals surface area (Å²) in [5.74, 6) is -0.0204. The van der Waals surface area contributed by atoms with E-state index in [2.05, 4.69) is 10.6 Å². The normalized spacial score (nSPS) is 11.9. The number of hydrogen-bond donors (Lipinski definition) is 3. The molecule has 0 saturated carbocycles. The van der Waals surface area contributed by atoms with Crippen molar-refractivity contribution in [3.8, 4) is 0 Å². The van der Waals surface area contributed by atoms with Gasteiger partial charge in [-0.25, -0.2) is 9.59 Å². The fourth-order valence-electron chi connectivity index (χ4n) is 0.966. The lowest BCUT2D eigenvalue weighted by atomic mass is 10.2. The van der Waals surface area contributed by atoms with Crippen molar-refractivity contribution in [3.05, 3.63) is 0 Å². The number of carboxylic acid groups (broad SMARTS) is 1. The molecule has 1 atom stereocenters. The van der Waals surface area contributed by atoms with Gasteiger partial charge in [0, 0.05) is 6.54 Å². The van der Waals surface area contributed by atoms with Crippen molar-refractivity contribution in [1.29, 1.82) is 0 Å². The van der Waals surface area contributed by atoms with Crippen LogP contribution in [0.5, 0.6) is 0 Å². The summed E-state index contributed by atoms with van der Waals surface area (Å²) in [5.41, 5.74) is 0. The fourth-order valence-corrected chi connectivity index (χ4v) is 1.40. The van der Waals surface area contributed by atoms with E-state index in [1.165, 1.54) is 0 Å². The van der Waals surface area contributed by atoms with E-state index in [0.717, 1.165) is 12.2 Å². The molecule has 0 fully saturated rings. The van der Waals surface area contributed by atoms with Crippen molar-refractivity contribution in [2.75, 3.05) is 18.6 Å². The molecule has 3 N–H and O–H groups in total. The van der Waals surface area contributed by atoms with E-state index in [4.69, 9.17) is 5.11 Å². The predicted octanol–water partition coefficient (Wildman–Crippen LogP) is 0.902. The molecule has 0 aliphatic carbocycles. The molecule has 0 aromatic rings. The number of rotatable bonds is 7. The molecule has 5 nitrogen and oxygen atoms in total. The van der Waals surface area contributed by atoms with Crippen molar-refractivity contribution in [3.63, 3.8) is 0 Å². The highest BCUT2D eigenvalue weighted by Crippen LogP contribution is 1.94. The molecule has 2 amide bonds. The van der Waals surface area contributed by atoms with Crippen LogP contribution in [-0.4, -0.2) is 41.7 Å². The van der Waals surface area contributed by atoms with Crippen LogP contribution in [0.3, 0.4) is 0 Å². The Bertz CT molecular complexity index is 212. The molecule has 0 rings (SSSR count). The van der Waals surface area contributed by atoms with Gasteiger partial charge in [0.15, 0.2) is 0 Å². The van der Waals surface area contributed by atoms with Crippen LogP contribution in [-0.2, 0) is 4.79 Å². The molecule has 0 spiro atoms. The number of urea groups is 1. The fraction of sp³-hybridized carbons (Fsp3) is 0.778. The van der Waals surface area contributed by atoms with Crippen LogP contribution < -0.4 is 10.6 Å². The maximum atomic E-state index is 11.2. The van der Waals surface area contributed by atoms with Gasteiger partial charge in [-0.3, -0.25) is 0 Å². The van der Waals surface area contributed by atoms with Gasteiger partial charge >= 0.3 is 12.0 Å². The number of aliphatic carboxylic acids is 1. The molecule has 0 heterocycles. The third kappa shape index (κ3) is 7.07. The first-order valence-corrected chi connectivity index (χ1v) is 6.27. The average Bonchev–Trinajstić information content (AvgIpc) is 2.20. The summed E-state index contributed by atoms with van der Waals surface area (Å²) in [6, 6.07) is -1.21. The van der Waals surface area contributed by atoms with Gasteiger partial charge in [0.1, 0.15) is 6.04 Å². The Balaban J connectivity index is 3.67. The molecule has 0 aromatic carbocycles. The van der Waals surface area contributed by atoms with Crippen LogP contribution in [0.25, 0.3) is 0 Å². The van der Waals surface area contributed by atoms with Gasteiger partial charge in [0.25, 0.3) is 0 Å². The second kappa shape index (κ2) is 8.40. The summed E-state index contributed by atoms with van der Waals surface area (Å²) in [7, 11) is 0. The zero-order valence-corrected chi connectivity index (χ0v) is 9.89. The van der Waals surface area contributed by atoms with Gasteiger partial charge in [-0.2, -0.15) is 11.8 Å². The van der Waals surface area contributed by atoms with Gasteiger partial charge in [0.2, 0.25) is 0 Å². The lowest BCUT2D eigenvalue weighted by Crippen LogP contribution is -2.45. The van der Waals surface area contributed by atoms with Gasteiger partial charge < -0.3 is 15.7 Å².